The van der Waals surface area contributed by atoms with E-state index >= 15 is 0 Å². The van der Waals surface area contributed by atoms with Gasteiger partial charge in [0.05, 0.1) is 5.02 Å². The van der Waals surface area contributed by atoms with Gasteiger partial charge in [-0.1, -0.05) is 47.5 Å². The van der Waals surface area contributed by atoms with E-state index in [0.717, 1.165) is 11.3 Å². The molecule has 0 aliphatic rings. The van der Waals surface area contributed by atoms with E-state index in [9.17, 15) is 4.79 Å². The lowest BCUT2D eigenvalue weighted by atomic mass is 10.2. The molecule has 0 aromatic heterocycles. The smallest absolute Gasteiger partial charge is 0.262 e. The van der Waals surface area contributed by atoms with Gasteiger partial charge in [-0.2, -0.15) is 0 Å². The van der Waals surface area contributed by atoms with Crippen molar-refractivity contribution >= 4 is 34.8 Å². The number of carbonyl (C=O) groups excluding carboxylic acids is 1. The summed E-state index contributed by atoms with van der Waals surface area (Å²) in [7, 11) is 0. The highest BCUT2D eigenvalue weighted by atomic mass is 35.5. The summed E-state index contributed by atoms with van der Waals surface area (Å²) in [5.74, 6) is 0.134. The van der Waals surface area contributed by atoms with Crippen molar-refractivity contribution in [3.05, 3.63) is 58.1 Å². The van der Waals surface area contributed by atoms with Crippen LogP contribution in [-0.4, -0.2) is 12.5 Å². The van der Waals surface area contributed by atoms with E-state index in [2.05, 4.69) is 5.32 Å². The zero-order valence-electron chi connectivity index (χ0n) is 10.8. The van der Waals surface area contributed by atoms with Crippen LogP contribution >= 0.6 is 23.2 Å². The number of amides is 1. The molecule has 3 nitrogen and oxygen atoms in total. The fourth-order valence-corrected chi connectivity index (χ4v) is 1.98. The van der Waals surface area contributed by atoms with Gasteiger partial charge in [-0.3, -0.25) is 4.79 Å². The second-order valence-electron chi connectivity index (χ2n) is 4.20. The standard InChI is InChI=1S/C15H13Cl2NO2/c1-10-5-2-3-7-12(10)18-14(19)9-20-13-8-4-6-11(16)15(13)17/h2-8H,9H2,1H3,(H,18,19). The van der Waals surface area contributed by atoms with Crippen molar-refractivity contribution in [1.29, 1.82) is 0 Å². The lowest BCUT2D eigenvalue weighted by Gasteiger charge is -2.10. The van der Waals surface area contributed by atoms with Gasteiger partial charge >= 0.3 is 0 Å². The first-order valence-electron chi connectivity index (χ1n) is 6.00. The molecule has 0 heterocycles. The number of halogens is 2. The van der Waals surface area contributed by atoms with Gasteiger partial charge in [0.1, 0.15) is 10.8 Å². The normalized spacial score (nSPS) is 10.2. The van der Waals surface area contributed by atoms with Crippen LogP contribution in [0, 0.1) is 6.92 Å². The number of benzene rings is 2. The Morgan fingerprint density at radius 3 is 2.65 bits per heavy atom. The third-order valence-electron chi connectivity index (χ3n) is 2.69. The fourth-order valence-electron chi connectivity index (χ4n) is 1.64. The molecular weight excluding hydrogens is 297 g/mol. The molecule has 1 N–H and O–H groups in total. The molecule has 0 radical (unpaired) electrons. The Morgan fingerprint density at radius 1 is 1.15 bits per heavy atom. The van der Waals surface area contributed by atoms with Crippen LogP contribution in [0.4, 0.5) is 5.69 Å². The van der Waals surface area contributed by atoms with Gasteiger partial charge in [0, 0.05) is 5.69 Å². The first kappa shape index (κ1) is 14.7. The summed E-state index contributed by atoms with van der Waals surface area (Å²) in [4.78, 5) is 11.8. The van der Waals surface area contributed by atoms with Crippen LogP contribution < -0.4 is 10.1 Å². The number of anilines is 1. The first-order chi connectivity index (χ1) is 9.58. The largest absolute Gasteiger partial charge is 0.482 e. The number of hydrogen-bond donors (Lipinski definition) is 1. The summed E-state index contributed by atoms with van der Waals surface area (Å²) in [6.07, 6.45) is 0. The van der Waals surface area contributed by atoms with E-state index in [4.69, 9.17) is 27.9 Å². The molecule has 5 heteroatoms. The molecule has 0 aliphatic heterocycles. The number of para-hydroxylation sites is 1. The lowest BCUT2D eigenvalue weighted by Crippen LogP contribution is -2.20. The molecule has 2 aromatic carbocycles. The Kier molecular flexibility index (Phi) is 4.88. The van der Waals surface area contributed by atoms with Crippen molar-refractivity contribution in [1.82, 2.24) is 0 Å². The van der Waals surface area contributed by atoms with E-state index in [-0.39, 0.29) is 12.5 Å². The number of aryl methyl sites for hydroxylation is 1. The molecule has 1 amide bonds. The molecule has 0 aliphatic carbocycles. The van der Waals surface area contributed by atoms with Gasteiger partial charge in [-0.15, -0.1) is 0 Å². The minimum absolute atomic E-state index is 0.131. The molecule has 0 bridgehead atoms. The third kappa shape index (κ3) is 3.65. The zero-order valence-corrected chi connectivity index (χ0v) is 12.3. The van der Waals surface area contributed by atoms with E-state index in [1.54, 1.807) is 18.2 Å². The number of rotatable bonds is 4. The highest BCUT2D eigenvalue weighted by molar-refractivity contribution is 6.42. The molecule has 20 heavy (non-hydrogen) atoms. The minimum Gasteiger partial charge on any atom is -0.482 e. The predicted molar refractivity (Wildman–Crippen MR) is 81.8 cm³/mol. The van der Waals surface area contributed by atoms with Crippen molar-refractivity contribution in [3.8, 4) is 5.75 Å². The van der Waals surface area contributed by atoms with Crippen molar-refractivity contribution in [2.75, 3.05) is 11.9 Å². The monoisotopic (exact) mass is 309 g/mol. The topological polar surface area (TPSA) is 38.3 Å². The Morgan fingerprint density at radius 2 is 1.90 bits per heavy atom. The van der Waals surface area contributed by atoms with Crippen molar-refractivity contribution in [3.63, 3.8) is 0 Å². The second-order valence-corrected chi connectivity index (χ2v) is 4.99. The molecule has 0 atom stereocenters. The van der Waals surface area contributed by atoms with Crippen molar-refractivity contribution in [2.45, 2.75) is 6.92 Å². The summed E-state index contributed by atoms with van der Waals surface area (Å²) in [6.45, 7) is 1.79. The zero-order chi connectivity index (χ0) is 14.5. The molecule has 104 valence electrons. The Labute approximate surface area is 127 Å². The van der Waals surface area contributed by atoms with Crippen molar-refractivity contribution in [2.24, 2.45) is 0 Å². The molecule has 0 fully saturated rings. The first-order valence-corrected chi connectivity index (χ1v) is 6.76. The minimum atomic E-state index is -0.254. The van der Waals surface area contributed by atoms with Gasteiger partial charge in [0.15, 0.2) is 6.61 Å². The Hall–Kier alpha value is -1.71. The Balaban J connectivity index is 1.96. The van der Waals surface area contributed by atoms with E-state index in [1.165, 1.54) is 0 Å². The van der Waals surface area contributed by atoms with Gasteiger partial charge in [0.25, 0.3) is 5.91 Å². The summed E-state index contributed by atoms with van der Waals surface area (Å²) < 4.78 is 5.36. The van der Waals surface area contributed by atoms with Crippen LogP contribution in [0.15, 0.2) is 42.5 Å². The fraction of sp³-hybridized carbons (Fsp3) is 0.133. The van der Waals surface area contributed by atoms with Crippen molar-refractivity contribution < 1.29 is 9.53 Å². The van der Waals surface area contributed by atoms with Gasteiger partial charge in [0.2, 0.25) is 0 Å². The van der Waals surface area contributed by atoms with E-state index in [1.807, 2.05) is 31.2 Å². The van der Waals surface area contributed by atoms with Crippen LogP contribution in [0.1, 0.15) is 5.56 Å². The predicted octanol–water partition coefficient (Wildman–Crippen LogP) is 4.32. The number of ether oxygens (including phenoxy) is 1. The Bertz CT molecular complexity index is 629. The quantitative estimate of drug-likeness (QED) is 0.913. The van der Waals surface area contributed by atoms with Crippen LogP contribution in [-0.2, 0) is 4.79 Å². The summed E-state index contributed by atoms with van der Waals surface area (Å²) >= 11 is 11.8. The summed E-state index contributed by atoms with van der Waals surface area (Å²) in [6, 6.07) is 12.6. The van der Waals surface area contributed by atoms with Gasteiger partial charge in [-0.05, 0) is 30.7 Å². The maximum absolute atomic E-state index is 11.8. The average Bonchev–Trinajstić information content (AvgIpc) is 2.43. The van der Waals surface area contributed by atoms with Gasteiger partial charge in [-0.25, -0.2) is 0 Å². The SMILES string of the molecule is Cc1ccccc1NC(=O)COc1cccc(Cl)c1Cl. The highest BCUT2D eigenvalue weighted by Gasteiger charge is 2.09. The second kappa shape index (κ2) is 6.64. The molecule has 0 saturated heterocycles. The summed E-state index contributed by atoms with van der Waals surface area (Å²) in [5.41, 5.74) is 1.75. The van der Waals surface area contributed by atoms with Crippen LogP contribution in [0.3, 0.4) is 0 Å². The number of nitrogens with one attached hydrogen (secondary N) is 1. The molecule has 2 rings (SSSR count). The number of carbonyl (C=O) groups is 1. The lowest BCUT2D eigenvalue weighted by molar-refractivity contribution is -0.118. The van der Waals surface area contributed by atoms with E-state index in [0.29, 0.717) is 15.8 Å². The molecular formula is C15H13Cl2NO2. The average molecular weight is 310 g/mol. The molecule has 2 aromatic rings. The van der Waals surface area contributed by atoms with E-state index < -0.39 is 0 Å². The maximum atomic E-state index is 11.8. The molecule has 0 saturated carbocycles. The van der Waals surface area contributed by atoms with Gasteiger partial charge < -0.3 is 10.1 Å². The maximum Gasteiger partial charge on any atom is 0.262 e. The van der Waals surface area contributed by atoms with Crippen LogP contribution in [0.2, 0.25) is 10.0 Å². The summed E-state index contributed by atoms with van der Waals surface area (Å²) in [5, 5.41) is 3.47. The molecule has 0 unspecified atom stereocenters. The van der Waals surface area contributed by atoms with Crippen LogP contribution in [0.25, 0.3) is 0 Å². The molecule has 0 spiro atoms. The third-order valence-corrected chi connectivity index (χ3v) is 3.50. The highest BCUT2D eigenvalue weighted by Crippen LogP contribution is 2.31. The number of hydrogen-bond acceptors (Lipinski definition) is 2. The van der Waals surface area contributed by atoms with Crippen LogP contribution in [0.5, 0.6) is 5.75 Å².